The molecule has 0 bridgehead atoms. The van der Waals surface area contributed by atoms with Gasteiger partial charge >= 0.3 is 0 Å². The number of aromatic nitrogens is 1. The zero-order chi connectivity index (χ0) is 18.8. The summed E-state index contributed by atoms with van der Waals surface area (Å²) in [6, 6.07) is 11.6. The number of carbonyl (C=O) groups excluding carboxylic acids is 2. The molecule has 4 rings (SSSR count). The standard InChI is InChI=1S/C21H20FN3O2/c22-14-4-9-17-18(13-23-19(17)12-14)20(26)21(27)24-15-5-7-16(8-6-15)25-10-2-1-3-11-25/h4-9,12-13,23H,1-3,10-11H2,(H,24,27). The number of nitrogens with zero attached hydrogens (tertiary/aromatic N) is 1. The molecule has 138 valence electrons. The molecule has 2 heterocycles. The van der Waals surface area contributed by atoms with E-state index in [0.29, 0.717) is 16.6 Å². The van der Waals surface area contributed by atoms with Crippen LogP contribution in [0.3, 0.4) is 0 Å². The highest BCUT2D eigenvalue weighted by molar-refractivity contribution is 6.48. The van der Waals surface area contributed by atoms with E-state index in [1.165, 1.54) is 43.7 Å². The maximum atomic E-state index is 13.3. The lowest BCUT2D eigenvalue weighted by Crippen LogP contribution is -2.29. The van der Waals surface area contributed by atoms with Gasteiger partial charge in [0.25, 0.3) is 11.7 Å². The highest BCUT2D eigenvalue weighted by Gasteiger charge is 2.20. The molecule has 0 aliphatic carbocycles. The van der Waals surface area contributed by atoms with Gasteiger partial charge in [0.2, 0.25) is 0 Å². The van der Waals surface area contributed by atoms with Crippen LogP contribution < -0.4 is 10.2 Å². The number of nitrogens with one attached hydrogen (secondary N) is 2. The number of piperidine rings is 1. The SMILES string of the molecule is O=C(Nc1ccc(N2CCCCC2)cc1)C(=O)c1c[nH]c2cc(F)ccc12. The monoisotopic (exact) mass is 365 g/mol. The minimum Gasteiger partial charge on any atom is -0.372 e. The van der Waals surface area contributed by atoms with Crippen LogP contribution in [-0.2, 0) is 4.79 Å². The van der Waals surface area contributed by atoms with E-state index in [4.69, 9.17) is 0 Å². The van der Waals surface area contributed by atoms with Gasteiger partial charge < -0.3 is 15.2 Å². The lowest BCUT2D eigenvalue weighted by atomic mass is 10.1. The first-order chi connectivity index (χ1) is 13.1. The van der Waals surface area contributed by atoms with Gasteiger partial charge in [0.15, 0.2) is 0 Å². The molecular weight excluding hydrogens is 345 g/mol. The van der Waals surface area contributed by atoms with Gasteiger partial charge in [-0.3, -0.25) is 9.59 Å². The van der Waals surface area contributed by atoms with Crippen molar-refractivity contribution in [2.75, 3.05) is 23.3 Å². The van der Waals surface area contributed by atoms with Gasteiger partial charge in [-0.15, -0.1) is 0 Å². The molecule has 6 heteroatoms. The van der Waals surface area contributed by atoms with Crippen molar-refractivity contribution in [1.29, 1.82) is 0 Å². The number of ketones is 1. The summed E-state index contributed by atoms with van der Waals surface area (Å²) in [7, 11) is 0. The quantitative estimate of drug-likeness (QED) is 0.540. The molecule has 27 heavy (non-hydrogen) atoms. The molecule has 0 saturated carbocycles. The van der Waals surface area contributed by atoms with E-state index in [1.807, 2.05) is 12.1 Å². The minimum absolute atomic E-state index is 0.229. The Kier molecular flexibility index (Phi) is 4.62. The van der Waals surface area contributed by atoms with E-state index in [1.54, 1.807) is 12.1 Å². The summed E-state index contributed by atoms with van der Waals surface area (Å²) in [4.78, 5) is 30.0. The molecule has 1 fully saturated rings. The zero-order valence-corrected chi connectivity index (χ0v) is 14.8. The van der Waals surface area contributed by atoms with Gasteiger partial charge in [0.1, 0.15) is 5.82 Å². The van der Waals surface area contributed by atoms with Crippen molar-refractivity contribution in [3.05, 3.63) is 60.0 Å². The zero-order valence-electron chi connectivity index (χ0n) is 14.8. The Morgan fingerprint density at radius 1 is 1.00 bits per heavy atom. The van der Waals surface area contributed by atoms with Gasteiger partial charge in [-0.2, -0.15) is 0 Å². The Labute approximate surface area is 156 Å². The summed E-state index contributed by atoms with van der Waals surface area (Å²) in [6.45, 7) is 2.09. The Hall–Kier alpha value is -3.15. The number of carbonyl (C=O) groups is 2. The van der Waals surface area contributed by atoms with Crippen molar-refractivity contribution in [3.8, 4) is 0 Å². The van der Waals surface area contributed by atoms with E-state index >= 15 is 0 Å². The highest BCUT2D eigenvalue weighted by Crippen LogP contribution is 2.23. The topological polar surface area (TPSA) is 65.2 Å². The number of benzene rings is 2. The third-order valence-corrected chi connectivity index (χ3v) is 4.94. The molecule has 0 atom stereocenters. The first-order valence-corrected chi connectivity index (χ1v) is 9.09. The summed E-state index contributed by atoms with van der Waals surface area (Å²) in [5.74, 6) is -1.78. The van der Waals surface area contributed by atoms with Gasteiger partial charge in [-0.1, -0.05) is 0 Å². The predicted octanol–water partition coefficient (Wildman–Crippen LogP) is 4.12. The second-order valence-electron chi connectivity index (χ2n) is 6.77. The molecule has 1 aromatic heterocycles. The average Bonchev–Trinajstić information content (AvgIpc) is 3.11. The van der Waals surface area contributed by atoms with Crippen LogP contribution in [0, 0.1) is 5.82 Å². The molecule has 2 N–H and O–H groups in total. The van der Waals surface area contributed by atoms with Crippen molar-refractivity contribution in [2.24, 2.45) is 0 Å². The Morgan fingerprint density at radius 3 is 2.48 bits per heavy atom. The second kappa shape index (κ2) is 7.23. The van der Waals surface area contributed by atoms with E-state index in [9.17, 15) is 14.0 Å². The molecule has 0 unspecified atom stereocenters. The van der Waals surface area contributed by atoms with Crippen LogP contribution in [0.15, 0.2) is 48.7 Å². The van der Waals surface area contributed by atoms with Gasteiger partial charge in [0.05, 0.1) is 5.56 Å². The van der Waals surface area contributed by atoms with Crippen LogP contribution in [0.25, 0.3) is 10.9 Å². The fourth-order valence-corrected chi connectivity index (χ4v) is 3.50. The molecule has 1 amide bonds. The Bertz CT molecular complexity index is 988. The maximum absolute atomic E-state index is 13.3. The first kappa shape index (κ1) is 17.3. The van der Waals surface area contributed by atoms with Gasteiger partial charge in [0, 0.05) is 41.6 Å². The van der Waals surface area contributed by atoms with Crippen molar-refractivity contribution in [2.45, 2.75) is 19.3 Å². The van der Waals surface area contributed by atoms with E-state index in [2.05, 4.69) is 15.2 Å². The summed E-state index contributed by atoms with van der Waals surface area (Å²) in [5.41, 5.74) is 2.40. The fraction of sp³-hybridized carbons (Fsp3) is 0.238. The molecule has 0 spiro atoms. The first-order valence-electron chi connectivity index (χ1n) is 9.09. The number of aromatic amines is 1. The smallest absolute Gasteiger partial charge is 0.296 e. The lowest BCUT2D eigenvalue weighted by molar-refractivity contribution is -0.112. The number of amides is 1. The van der Waals surface area contributed by atoms with Crippen LogP contribution in [0.4, 0.5) is 15.8 Å². The predicted molar refractivity (Wildman–Crippen MR) is 104 cm³/mol. The molecule has 0 radical (unpaired) electrons. The third kappa shape index (κ3) is 3.56. The number of hydrogen-bond acceptors (Lipinski definition) is 3. The van der Waals surface area contributed by atoms with Crippen molar-refractivity contribution in [3.63, 3.8) is 0 Å². The van der Waals surface area contributed by atoms with Crippen LogP contribution in [0.2, 0.25) is 0 Å². The molecule has 5 nitrogen and oxygen atoms in total. The molecule has 1 aliphatic heterocycles. The van der Waals surface area contributed by atoms with Crippen LogP contribution in [-0.4, -0.2) is 29.8 Å². The number of halogens is 1. The third-order valence-electron chi connectivity index (χ3n) is 4.94. The number of hydrogen-bond donors (Lipinski definition) is 2. The van der Waals surface area contributed by atoms with Crippen LogP contribution >= 0.6 is 0 Å². The Balaban J connectivity index is 1.47. The molecule has 1 aliphatic rings. The number of anilines is 2. The number of rotatable bonds is 4. The molecule has 1 saturated heterocycles. The average molecular weight is 365 g/mol. The van der Waals surface area contributed by atoms with Crippen molar-refractivity contribution >= 4 is 34.0 Å². The minimum atomic E-state index is -0.717. The van der Waals surface area contributed by atoms with E-state index in [-0.39, 0.29) is 5.56 Å². The summed E-state index contributed by atoms with van der Waals surface area (Å²) < 4.78 is 13.3. The van der Waals surface area contributed by atoms with Crippen molar-refractivity contribution in [1.82, 2.24) is 4.98 Å². The van der Waals surface area contributed by atoms with Crippen LogP contribution in [0.1, 0.15) is 29.6 Å². The largest absolute Gasteiger partial charge is 0.372 e. The summed E-state index contributed by atoms with van der Waals surface area (Å²) in [5, 5.41) is 3.17. The fourth-order valence-electron chi connectivity index (χ4n) is 3.50. The molecule has 3 aromatic rings. The van der Waals surface area contributed by atoms with Gasteiger partial charge in [-0.05, 0) is 61.7 Å². The summed E-state index contributed by atoms with van der Waals surface area (Å²) >= 11 is 0. The second-order valence-corrected chi connectivity index (χ2v) is 6.77. The van der Waals surface area contributed by atoms with Gasteiger partial charge in [-0.25, -0.2) is 4.39 Å². The lowest BCUT2D eigenvalue weighted by Gasteiger charge is -2.28. The number of fused-ring (bicyclic) bond motifs is 1. The number of H-pyrrole nitrogens is 1. The molecular formula is C21H20FN3O2. The highest BCUT2D eigenvalue weighted by atomic mass is 19.1. The Morgan fingerprint density at radius 2 is 1.74 bits per heavy atom. The van der Waals surface area contributed by atoms with Crippen LogP contribution in [0.5, 0.6) is 0 Å². The maximum Gasteiger partial charge on any atom is 0.296 e. The molecule has 2 aromatic carbocycles. The van der Waals surface area contributed by atoms with Crippen molar-refractivity contribution < 1.29 is 14.0 Å². The summed E-state index contributed by atoms with van der Waals surface area (Å²) in [6.07, 6.45) is 5.10. The normalized spacial score (nSPS) is 14.3. The van der Waals surface area contributed by atoms with E-state index in [0.717, 1.165) is 18.8 Å². The number of Topliss-reactive ketones (excluding diaryl/α,β-unsaturated/α-hetero) is 1. The van der Waals surface area contributed by atoms with E-state index < -0.39 is 17.5 Å².